The van der Waals surface area contributed by atoms with Gasteiger partial charge in [0.2, 0.25) is 0 Å². The molecule has 0 spiro atoms. The Kier molecular flexibility index (Phi) is 8.32. The van der Waals surface area contributed by atoms with E-state index in [9.17, 15) is 9.18 Å². The number of ether oxygens (including phenoxy) is 2. The van der Waals surface area contributed by atoms with E-state index < -0.39 is 11.8 Å². The van der Waals surface area contributed by atoms with E-state index in [1.807, 2.05) is 39.8 Å². The molecule has 0 aromatic carbocycles. The quantitative estimate of drug-likeness (QED) is 0.384. The number of nitrogens with one attached hydrogen (secondary N) is 1. The van der Waals surface area contributed by atoms with Crippen molar-refractivity contribution in [2.45, 2.75) is 91.1 Å². The van der Waals surface area contributed by atoms with Crippen LogP contribution in [0.4, 0.5) is 10.2 Å². The van der Waals surface area contributed by atoms with Gasteiger partial charge in [0.1, 0.15) is 29.0 Å². The zero-order chi connectivity index (χ0) is 27.4. The van der Waals surface area contributed by atoms with Crippen molar-refractivity contribution in [2.75, 3.05) is 5.32 Å². The summed E-state index contributed by atoms with van der Waals surface area (Å²) < 4.78 is 32.0. The lowest BCUT2D eigenvalue weighted by molar-refractivity contribution is -0.162. The first-order chi connectivity index (χ1) is 18.0. The maximum absolute atomic E-state index is 13.2. The average molecular weight is 529 g/mol. The van der Waals surface area contributed by atoms with Crippen LogP contribution in [0, 0.1) is 12.8 Å². The molecule has 1 N–H and O–H groups in total. The van der Waals surface area contributed by atoms with Crippen molar-refractivity contribution in [2.24, 2.45) is 13.0 Å². The van der Waals surface area contributed by atoms with Crippen LogP contribution in [0.3, 0.4) is 0 Å². The van der Waals surface area contributed by atoms with Gasteiger partial charge in [-0.3, -0.25) is 4.79 Å². The van der Waals surface area contributed by atoms with E-state index in [0.29, 0.717) is 41.7 Å². The van der Waals surface area contributed by atoms with Crippen LogP contribution in [0.15, 0.2) is 22.7 Å². The fourth-order valence-electron chi connectivity index (χ4n) is 4.55. The number of rotatable bonds is 9. The molecule has 1 saturated carbocycles. The average Bonchev–Trinajstić information content (AvgIpc) is 3.43. The third-order valence-corrected chi connectivity index (χ3v) is 6.36. The molecule has 0 bridgehead atoms. The van der Waals surface area contributed by atoms with E-state index >= 15 is 0 Å². The van der Waals surface area contributed by atoms with E-state index in [1.165, 1.54) is 6.92 Å². The molecule has 1 unspecified atom stereocenters. The second-order valence-electron chi connectivity index (χ2n) is 10.9. The number of carbonyl (C=O) groups excluding carboxylic acids is 1. The highest BCUT2D eigenvalue weighted by Gasteiger charge is 2.32. The molecule has 11 heteroatoms. The first-order valence-electron chi connectivity index (χ1n) is 13.1. The normalized spacial score (nSPS) is 18.7. The van der Waals surface area contributed by atoms with Crippen molar-refractivity contribution >= 4 is 11.8 Å². The molecule has 3 aromatic heterocycles. The number of hydrogen-bond acceptors (Lipinski definition) is 9. The number of aryl methyl sites for hydroxylation is 2. The number of esters is 1. The first kappa shape index (κ1) is 27.5. The minimum absolute atomic E-state index is 0.0726. The number of alkyl halides is 1. The molecule has 3 aromatic rings. The Morgan fingerprint density at radius 3 is 2.82 bits per heavy atom. The predicted octanol–water partition coefficient (Wildman–Crippen LogP) is 4.97. The molecule has 3 heterocycles. The monoisotopic (exact) mass is 528 g/mol. The van der Waals surface area contributed by atoms with Gasteiger partial charge < -0.3 is 19.3 Å². The molecule has 38 heavy (non-hydrogen) atoms. The standard InChI is InChI=1S/C27H37FN6O4/c1-16(28)12-20-14-24(32-38-20)29-15-22-25(31-33-34(22)6)21-10-11-23(17(2)30-21)36-19-9-7-8-18(13-19)26(35)37-27(3,4)5/h10-11,14,16,18-19H,7-9,12-13,15H2,1-6H3,(H,29,32)/t16?,18-,19-/m0/s1. The van der Waals surface area contributed by atoms with Gasteiger partial charge >= 0.3 is 5.97 Å². The summed E-state index contributed by atoms with van der Waals surface area (Å²) in [4.78, 5) is 17.3. The summed E-state index contributed by atoms with van der Waals surface area (Å²) >= 11 is 0. The van der Waals surface area contributed by atoms with E-state index in [4.69, 9.17) is 19.0 Å². The van der Waals surface area contributed by atoms with Gasteiger partial charge in [0, 0.05) is 19.5 Å². The highest BCUT2D eigenvalue weighted by molar-refractivity contribution is 5.73. The van der Waals surface area contributed by atoms with E-state index in [1.54, 1.807) is 17.8 Å². The number of nitrogens with zero attached hydrogens (tertiary/aromatic N) is 5. The van der Waals surface area contributed by atoms with Crippen LogP contribution in [-0.2, 0) is 29.5 Å². The molecule has 0 radical (unpaired) electrons. The molecule has 4 rings (SSSR count). The third-order valence-electron chi connectivity index (χ3n) is 6.36. The zero-order valence-electron chi connectivity index (χ0n) is 23.0. The minimum atomic E-state index is -1.01. The van der Waals surface area contributed by atoms with Gasteiger partial charge in [0.05, 0.1) is 35.6 Å². The molecule has 1 fully saturated rings. The third kappa shape index (κ3) is 7.08. The summed E-state index contributed by atoms with van der Waals surface area (Å²) in [6.45, 7) is 9.40. The summed E-state index contributed by atoms with van der Waals surface area (Å²) in [6, 6.07) is 5.44. The lowest BCUT2D eigenvalue weighted by Gasteiger charge is -2.30. The Hall–Kier alpha value is -3.50. The van der Waals surface area contributed by atoms with Gasteiger partial charge in [-0.25, -0.2) is 14.1 Å². The fourth-order valence-corrected chi connectivity index (χ4v) is 4.55. The van der Waals surface area contributed by atoms with E-state index in [2.05, 4.69) is 20.8 Å². The topological polar surface area (TPSA) is 117 Å². The molecule has 0 saturated heterocycles. The lowest BCUT2D eigenvalue weighted by atomic mass is 9.87. The Morgan fingerprint density at radius 2 is 2.11 bits per heavy atom. The Balaban J connectivity index is 1.41. The van der Waals surface area contributed by atoms with Gasteiger partial charge in [-0.15, -0.1) is 5.10 Å². The van der Waals surface area contributed by atoms with Crippen LogP contribution in [0.1, 0.15) is 70.5 Å². The molecular formula is C27H37FN6O4. The molecule has 206 valence electrons. The van der Waals surface area contributed by atoms with Gasteiger partial charge in [0.15, 0.2) is 5.82 Å². The van der Waals surface area contributed by atoms with Crippen LogP contribution in [-0.4, -0.2) is 49.0 Å². The maximum atomic E-state index is 13.2. The van der Waals surface area contributed by atoms with Gasteiger partial charge in [-0.2, -0.15) is 0 Å². The second-order valence-corrected chi connectivity index (χ2v) is 10.9. The van der Waals surface area contributed by atoms with E-state index in [-0.39, 0.29) is 24.4 Å². The fraction of sp³-hybridized carbons (Fsp3) is 0.593. The van der Waals surface area contributed by atoms with Crippen molar-refractivity contribution in [1.82, 2.24) is 25.1 Å². The number of pyridine rings is 1. The summed E-state index contributed by atoms with van der Waals surface area (Å²) in [7, 11) is 1.81. The number of carbonyl (C=O) groups is 1. The van der Waals surface area contributed by atoms with E-state index in [0.717, 1.165) is 30.7 Å². The number of halogens is 1. The van der Waals surface area contributed by atoms with Crippen molar-refractivity contribution in [3.05, 3.63) is 35.3 Å². The van der Waals surface area contributed by atoms with Crippen LogP contribution < -0.4 is 10.1 Å². The highest BCUT2D eigenvalue weighted by Crippen LogP contribution is 2.32. The van der Waals surface area contributed by atoms with Gasteiger partial charge in [0.25, 0.3) is 0 Å². The molecule has 3 atom stereocenters. The van der Waals surface area contributed by atoms with Crippen molar-refractivity contribution in [3.8, 4) is 17.1 Å². The molecule has 0 amide bonds. The second kappa shape index (κ2) is 11.5. The highest BCUT2D eigenvalue weighted by atomic mass is 19.1. The van der Waals surface area contributed by atoms with Crippen molar-refractivity contribution < 1.29 is 23.2 Å². The summed E-state index contributed by atoms with van der Waals surface area (Å²) in [6.07, 6.45) is 2.34. The first-order valence-corrected chi connectivity index (χ1v) is 13.1. The van der Waals surface area contributed by atoms with Crippen LogP contribution >= 0.6 is 0 Å². The lowest BCUT2D eigenvalue weighted by Crippen LogP contribution is -2.34. The Bertz CT molecular complexity index is 1250. The molecule has 1 aliphatic carbocycles. The zero-order valence-corrected chi connectivity index (χ0v) is 23.0. The molecular weight excluding hydrogens is 491 g/mol. The Labute approximate surface area is 222 Å². The SMILES string of the molecule is Cc1nc(-c2nnn(C)c2CNc2cc(CC(C)F)on2)ccc1O[C@H]1CCC[C@H](C(=O)OC(C)(C)C)C1. The summed E-state index contributed by atoms with van der Waals surface area (Å²) in [5, 5.41) is 15.6. The summed E-state index contributed by atoms with van der Waals surface area (Å²) in [5.41, 5.74) is 2.34. The van der Waals surface area contributed by atoms with Gasteiger partial charge in [-0.05, 0) is 72.4 Å². The van der Waals surface area contributed by atoms with Crippen LogP contribution in [0.2, 0.25) is 0 Å². The van der Waals surface area contributed by atoms with Crippen LogP contribution in [0.25, 0.3) is 11.4 Å². The van der Waals surface area contributed by atoms with Gasteiger partial charge in [-0.1, -0.05) is 10.4 Å². The molecule has 1 aliphatic rings. The number of aromatic nitrogens is 5. The maximum Gasteiger partial charge on any atom is 0.309 e. The molecule has 0 aliphatic heterocycles. The minimum Gasteiger partial charge on any atom is -0.489 e. The predicted molar refractivity (Wildman–Crippen MR) is 139 cm³/mol. The Morgan fingerprint density at radius 1 is 1.32 bits per heavy atom. The van der Waals surface area contributed by atoms with Crippen LogP contribution in [0.5, 0.6) is 5.75 Å². The molecule has 10 nitrogen and oxygen atoms in total. The number of anilines is 1. The van der Waals surface area contributed by atoms with Crippen molar-refractivity contribution in [3.63, 3.8) is 0 Å². The smallest absolute Gasteiger partial charge is 0.309 e. The summed E-state index contributed by atoms with van der Waals surface area (Å²) in [5.74, 6) is 1.37. The van der Waals surface area contributed by atoms with Crippen molar-refractivity contribution in [1.29, 1.82) is 0 Å². The largest absolute Gasteiger partial charge is 0.489 e. The number of hydrogen-bond donors (Lipinski definition) is 1.